The number of carbonyl (C=O) groups is 1. The number of benzene rings is 1. The highest BCUT2D eigenvalue weighted by molar-refractivity contribution is 6.30. The van der Waals surface area contributed by atoms with E-state index in [1.165, 1.54) is 35.5 Å². The number of carboxylic acid groups (broad SMARTS) is 1. The minimum Gasteiger partial charge on any atom is -0.465 e. The van der Waals surface area contributed by atoms with Crippen LogP contribution in [0.15, 0.2) is 18.2 Å². The topological polar surface area (TPSA) is 50.3 Å². The van der Waals surface area contributed by atoms with Crippen LogP contribution in [0.1, 0.15) is 18.4 Å². The van der Waals surface area contributed by atoms with Crippen LogP contribution in [0.3, 0.4) is 0 Å². The van der Waals surface area contributed by atoms with Crippen LogP contribution in [0.25, 0.3) is 0 Å². The first-order chi connectivity index (χ1) is 12.6. The van der Waals surface area contributed by atoms with Crippen LogP contribution in [0.5, 0.6) is 0 Å². The minimum absolute atomic E-state index is 0.582. The zero-order chi connectivity index (χ0) is 18.1. The van der Waals surface area contributed by atoms with Gasteiger partial charge in [0.1, 0.15) is 0 Å². The van der Waals surface area contributed by atoms with Crippen molar-refractivity contribution in [2.45, 2.75) is 25.4 Å². The SMILES string of the molecule is O=C(O)N1CCN(Cc2ccc(Cl)cc2N2CCN3CCCC3C2)CC1. The number of nitrogens with zero attached hydrogens (tertiary/aromatic N) is 4. The van der Waals surface area contributed by atoms with Crippen LogP contribution in [0.4, 0.5) is 10.5 Å². The molecule has 1 amide bonds. The molecule has 0 aliphatic carbocycles. The maximum Gasteiger partial charge on any atom is 0.407 e. The Bertz CT molecular complexity index is 663. The molecule has 0 saturated carbocycles. The molecule has 3 aliphatic rings. The van der Waals surface area contributed by atoms with Crippen molar-refractivity contribution < 1.29 is 9.90 Å². The fourth-order valence-electron chi connectivity index (χ4n) is 4.51. The number of hydrogen-bond donors (Lipinski definition) is 1. The van der Waals surface area contributed by atoms with Gasteiger partial charge in [0.05, 0.1) is 0 Å². The quantitative estimate of drug-likeness (QED) is 0.875. The molecule has 142 valence electrons. The van der Waals surface area contributed by atoms with Crippen LogP contribution >= 0.6 is 11.6 Å². The Labute approximate surface area is 159 Å². The highest BCUT2D eigenvalue weighted by atomic mass is 35.5. The lowest BCUT2D eigenvalue weighted by Crippen LogP contribution is -2.50. The fraction of sp³-hybridized carbons (Fsp3) is 0.632. The molecule has 6 nitrogen and oxygen atoms in total. The van der Waals surface area contributed by atoms with E-state index >= 15 is 0 Å². The molecule has 1 atom stereocenters. The zero-order valence-corrected chi connectivity index (χ0v) is 15.9. The van der Waals surface area contributed by atoms with Crippen LogP contribution in [0.2, 0.25) is 5.02 Å². The summed E-state index contributed by atoms with van der Waals surface area (Å²) < 4.78 is 0. The van der Waals surface area contributed by atoms with Gasteiger partial charge in [-0.05, 0) is 37.1 Å². The van der Waals surface area contributed by atoms with E-state index in [0.717, 1.165) is 44.3 Å². The third kappa shape index (κ3) is 3.77. The van der Waals surface area contributed by atoms with E-state index in [2.05, 4.69) is 26.8 Å². The van der Waals surface area contributed by atoms with E-state index in [1.54, 1.807) is 0 Å². The standard InChI is InChI=1S/C19H27ClN4O2/c20-16-4-3-15(13-21-6-8-23(9-7-21)19(25)26)18(12-16)24-11-10-22-5-1-2-17(22)14-24/h3-4,12,17H,1-2,5-11,13-14H2,(H,25,26). The second kappa shape index (κ2) is 7.62. The number of piperazine rings is 2. The van der Waals surface area contributed by atoms with Gasteiger partial charge in [0.15, 0.2) is 0 Å². The minimum atomic E-state index is -0.814. The van der Waals surface area contributed by atoms with Crippen molar-refractivity contribution in [1.82, 2.24) is 14.7 Å². The molecule has 0 bridgehead atoms. The molecule has 1 aromatic carbocycles. The summed E-state index contributed by atoms with van der Waals surface area (Å²) in [7, 11) is 0. The smallest absolute Gasteiger partial charge is 0.407 e. The molecular formula is C19H27ClN4O2. The molecule has 3 heterocycles. The van der Waals surface area contributed by atoms with Gasteiger partial charge in [-0.2, -0.15) is 0 Å². The molecule has 3 saturated heterocycles. The highest BCUT2D eigenvalue weighted by Gasteiger charge is 2.31. The van der Waals surface area contributed by atoms with Crippen molar-refractivity contribution in [2.24, 2.45) is 0 Å². The second-order valence-corrected chi connectivity index (χ2v) is 8.03. The Morgan fingerprint density at radius 2 is 1.92 bits per heavy atom. The molecule has 1 unspecified atom stereocenters. The summed E-state index contributed by atoms with van der Waals surface area (Å²) in [4.78, 5) is 20.1. The van der Waals surface area contributed by atoms with Crippen LogP contribution in [-0.4, -0.2) is 84.3 Å². The van der Waals surface area contributed by atoms with Crippen molar-refractivity contribution in [3.63, 3.8) is 0 Å². The molecular weight excluding hydrogens is 352 g/mol. The lowest BCUT2D eigenvalue weighted by atomic mass is 10.1. The average Bonchev–Trinajstić information content (AvgIpc) is 3.11. The van der Waals surface area contributed by atoms with Gasteiger partial charge >= 0.3 is 6.09 Å². The molecule has 0 aromatic heterocycles. The van der Waals surface area contributed by atoms with E-state index in [-0.39, 0.29) is 0 Å². The van der Waals surface area contributed by atoms with E-state index in [9.17, 15) is 4.79 Å². The summed E-state index contributed by atoms with van der Waals surface area (Å²) in [5.41, 5.74) is 2.55. The van der Waals surface area contributed by atoms with Crippen molar-refractivity contribution in [3.05, 3.63) is 28.8 Å². The number of anilines is 1. The number of halogens is 1. The summed E-state index contributed by atoms with van der Waals surface area (Å²) in [6, 6.07) is 6.89. The predicted molar refractivity (Wildman–Crippen MR) is 103 cm³/mol. The zero-order valence-electron chi connectivity index (χ0n) is 15.1. The largest absolute Gasteiger partial charge is 0.465 e. The Balaban J connectivity index is 1.46. The van der Waals surface area contributed by atoms with Gasteiger partial charge in [0.25, 0.3) is 0 Å². The number of rotatable bonds is 3. The summed E-state index contributed by atoms with van der Waals surface area (Å²) in [5, 5.41) is 9.90. The lowest BCUT2D eigenvalue weighted by molar-refractivity contribution is 0.103. The van der Waals surface area contributed by atoms with Gasteiger partial charge in [0, 0.05) is 69.1 Å². The van der Waals surface area contributed by atoms with Gasteiger partial charge in [-0.3, -0.25) is 9.80 Å². The Hall–Kier alpha value is -1.50. The van der Waals surface area contributed by atoms with E-state index in [0.29, 0.717) is 19.1 Å². The third-order valence-corrected chi connectivity index (χ3v) is 6.25. The Morgan fingerprint density at radius 1 is 1.12 bits per heavy atom. The maximum absolute atomic E-state index is 11.1. The summed E-state index contributed by atoms with van der Waals surface area (Å²) in [5.74, 6) is 0. The number of amides is 1. The normalized spacial score (nSPS) is 24.7. The highest BCUT2D eigenvalue weighted by Crippen LogP contribution is 2.30. The molecule has 7 heteroatoms. The van der Waals surface area contributed by atoms with Crippen LogP contribution in [-0.2, 0) is 6.54 Å². The van der Waals surface area contributed by atoms with Crippen LogP contribution in [0, 0.1) is 0 Å². The van der Waals surface area contributed by atoms with Crippen molar-refractivity contribution in [3.8, 4) is 0 Å². The molecule has 1 aromatic rings. The van der Waals surface area contributed by atoms with Crippen molar-refractivity contribution >= 4 is 23.4 Å². The average molecular weight is 379 g/mol. The van der Waals surface area contributed by atoms with E-state index in [1.807, 2.05) is 6.07 Å². The molecule has 3 aliphatic heterocycles. The van der Waals surface area contributed by atoms with Gasteiger partial charge in [-0.1, -0.05) is 17.7 Å². The maximum atomic E-state index is 11.1. The monoisotopic (exact) mass is 378 g/mol. The first-order valence-electron chi connectivity index (χ1n) is 9.58. The molecule has 0 radical (unpaired) electrons. The Kier molecular flexibility index (Phi) is 5.25. The lowest BCUT2D eigenvalue weighted by Gasteiger charge is -2.40. The van der Waals surface area contributed by atoms with Gasteiger partial charge in [-0.15, -0.1) is 0 Å². The second-order valence-electron chi connectivity index (χ2n) is 7.60. The van der Waals surface area contributed by atoms with Gasteiger partial charge < -0.3 is 14.9 Å². The van der Waals surface area contributed by atoms with Gasteiger partial charge in [-0.25, -0.2) is 4.79 Å². The van der Waals surface area contributed by atoms with E-state index < -0.39 is 6.09 Å². The molecule has 26 heavy (non-hydrogen) atoms. The van der Waals surface area contributed by atoms with Crippen molar-refractivity contribution in [2.75, 3.05) is 57.3 Å². The third-order valence-electron chi connectivity index (χ3n) is 6.01. The van der Waals surface area contributed by atoms with E-state index in [4.69, 9.17) is 16.7 Å². The first kappa shape index (κ1) is 17.9. The summed E-state index contributed by atoms with van der Waals surface area (Å²) >= 11 is 6.32. The fourth-order valence-corrected chi connectivity index (χ4v) is 4.68. The number of fused-ring (bicyclic) bond motifs is 1. The molecule has 3 fully saturated rings. The van der Waals surface area contributed by atoms with Crippen LogP contribution < -0.4 is 4.90 Å². The van der Waals surface area contributed by atoms with Crippen molar-refractivity contribution in [1.29, 1.82) is 0 Å². The molecule has 1 N–H and O–H groups in total. The predicted octanol–water partition coefficient (Wildman–Crippen LogP) is 2.42. The number of hydrogen-bond acceptors (Lipinski definition) is 4. The summed E-state index contributed by atoms with van der Waals surface area (Å²) in [6.07, 6.45) is 1.80. The first-order valence-corrected chi connectivity index (χ1v) is 9.95. The Morgan fingerprint density at radius 3 is 2.69 bits per heavy atom. The summed E-state index contributed by atoms with van der Waals surface area (Å²) in [6.45, 7) is 8.10. The molecule has 4 rings (SSSR count). The van der Waals surface area contributed by atoms with Gasteiger partial charge in [0.2, 0.25) is 0 Å². The molecule has 0 spiro atoms.